The van der Waals surface area contributed by atoms with Crippen LogP contribution >= 0.6 is 23.5 Å². The fourth-order valence-electron chi connectivity index (χ4n) is 2.27. The number of para-hydroxylation sites is 1. The van der Waals surface area contributed by atoms with Gasteiger partial charge in [-0.1, -0.05) is 18.2 Å². The molecule has 0 unspecified atom stereocenters. The van der Waals surface area contributed by atoms with Crippen molar-refractivity contribution in [2.45, 2.75) is 30.1 Å². The van der Waals surface area contributed by atoms with Gasteiger partial charge in [0, 0.05) is 15.5 Å². The first-order valence-electron chi connectivity index (χ1n) is 8.74. The van der Waals surface area contributed by atoms with Gasteiger partial charge >= 0.3 is 5.97 Å². The van der Waals surface area contributed by atoms with Crippen LogP contribution in [0.15, 0.2) is 52.3 Å². The number of amides is 1. The molecule has 0 fully saturated rings. The van der Waals surface area contributed by atoms with Crippen LogP contribution in [0.25, 0.3) is 0 Å². The molecule has 5 nitrogen and oxygen atoms in total. The Kier molecular flexibility index (Phi) is 8.92. The standard InChI is InChI=1S/C21H22N2O3S2/c1-15-7-8-17(13-16(15)2)27-11-9-21(25)26-14-20(24)23-18-5-3-4-6-19(18)28-12-10-22/h3-8,13H,9,11-12,14H2,1-2H3,(H,23,24). The van der Waals surface area contributed by atoms with Gasteiger partial charge in [-0.25, -0.2) is 0 Å². The molecule has 0 atom stereocenters. The summed E-state index contributed by atoms with van der Waals surface area (Å²) < 4.78 is 5.05. The number of nitrogens with zero attached hydrogens (tertiary/aromatic N) is 1. The Hall–Kier alpha value is -2.43. The van der Waals surface area contributed by atoms with Gasteiger partial charge in [-0.3, -0.25) is 9.59 Å². The molecule has 0 aliphatic rings. The van der Waals surface area contributed by atoms with Crippen LogP contribution in [0.2, 0.25) is 0 Å². The number of carbonyl (C=O) groups excluding carboxylic acids is 2. The molecule has 0 heterocycles. The van der Waals surface area contributed by atoms with Gasteiger partial charge in [0.1, 0.15) is 0 Å². The number of hydrogen-bond donors (Lipinski definition) is 1. The predicted octanol–water partition coefficient (Wildman–Crippen LogP) is 4.58. The molecular formula is C21H22N2O3S2. The molecule has 0 saturated heterocycles. The van der Waals surface area contributed by atoms with Crippen LogP contribution in [0.4, 0.5) is 5.69 Å². The molecule has 2 aromatic carbocycles. The number of carbonyl (C=O) groups is 2. The molecule has 0 bridgehead atoms. The first-order valence-corrected chi connectivity index (χ1v) is 10.7. The molecule has 1 amide bonds. The molecule has 0 aromatic heterocycles. The van der Waals surface area contributed by atoms with E-state index in [2.05, 4.69) is 37.4 Å². The fraction of sp³-hybridized carbons (Fsp3) is 0.286. The van der Waals surface area contributed by atoms with E-state index in [1.807, 2.05) is 18.2 Å². The highest BCUT2D eigenvalue weighted by atomic mass is 32.2. The second-order valence-corrected chi connectivity index (χ2v) is 8.18. The normalized spacial score (nSPS) is 10.2. The van der Waals surface area contributed by atoms with Crippen molar-refractivity contribution in [2.75, 3.05) is 23.4 Å². The van der Waals surface area contributed by atoms with Crippen LogP contribution < -0.4 is 5.32 Å². The van der Waals surface area contributed by atoms with E-state index in [4.69, 9.17) is 10.00 Å². The highest BCUT2D eigenvalue weighted by Gasteiger charge is 2.10. The SMILES string of the molecule is Cc1ccc(SCCC(=O)OCC(=O)Nc2ccccc2SCC#N)cc1C. The molecule has 0 aliphatic heterocycles. The van der Waals surface area contributed by atoms with Gasteiger partial charge in [-0.15, -0.1) is 23.5 Å². The van der Waals surface area contributed by atoms with E-state index in [1.54, 1.807) is 23.9 Å². The van der Waals surface area contributed by atoms with Crippen LogP contribution in [0.5, 0.6) is 0 Å². The van der Waals surface area contributed by atoms with Gasteiger partial charge in [-0.2, -0.15) is 5.26 Å². The van der Waals surface area contributed by atoms with Crippen LogP contribution in [0, 0.1) is 25.2 Å². The maximum atomic E-state index is 12.0. The van der Waals surface area contributed by atoms with Crippen LogP contribution in [0.1, 0.15) is 17.5 Å². The first kappa shape index (κ1) is 21.9. The number of benzene rings is 2. The maximum absolute atomic E-state index is 12.0. The van der Waals surface area contributed by atoms with Crippen molar-refractivity contribution in [1.82, 2.24) is 0 Å². The topological polar surface area (TPSA) is 79.2 Å². The number of aryl methyl sites for hydroxylation is 2. The fourth-order valence-corrected chi connectivity index (χ4v) is 3.86. The van der Waals surface area contributed by atoms with E-state index in [0.717, 1.165) is 9.79 Å². The third kappa shape index (κ3) is 7.29. The van der Waals surface area contributed by atoms with E-state index in [0.29, 0.717) is 17.2 Å². The Morgan fingerprint density at radius 3 is 2.64 bits per heavy atom. The molecule has 1 N–H and O–H groups in total. The van der Waals surface area contributed by atoms with Gasteiger partial charge in [0.05, 0.1) is 23.9 Å². The molecule has 0 aliphatic carbocycles. The zero-order chi connectivity index (χ0) is 20.4. The van der Waals surface area contributed by atoms with E-state index >= 15 is 0 Å². The molecule has 0 saturated carbocycles. The summed E-state index contributed by atoms with van der Waals surface area (Å²) in [5.41, 5.74) is 3.06. The third-order valence-electron chi connectivity index (χ3n) is 3.87. The number of nitrogens with one attached hydrogen (secondary N) is 1. The third-order valence-corrected chi connectivity index (χ3v) is 5.81. The summed E-state index contributed by atoms with van der Waals surface area (Å²) in [5, 5.41) is 11.4. The van der Waals surface area contributed by atoms with Crippen LogP contribution in [-0.4, -0.2) is 30.0 Å². The van der Waals surface area contributed by atoms with Crippen molar-refractivity contribution < 1.29 is 14.3 Å². The summed E-state index contributed by atoms with van der Waals surface area (Å²) in [6.45, 7) is 3.79. The van der Waals surface area contributed by atoms with Crippen molar-refractivity contribution in [2.24, 2.45) is 0 Å². The molecular weight excluding hydrogens is 392 g/mol. The minimum Gasteiger partial charge on any atom is -0.456 e. The molecule has 7 heteroatoms. The number of thioether (sulfide) groups is 2. The van der Waals surface area contributed by atoms with Crippen molar-refractivity contribution in [3.05, 3.63) is 53.6 Å². The Balaban J connectivity index is 1.73. The van der Waals surface area contributed by atoms with Crippen molar-refractivity contribution in [3.63, 3.8) is 0 Å². The maximum Gasteiger partial charge on any atom is 0.307 e. The number of anilines is 1. The van der Waals surface area contributed by atoms with Gasteiger partial charge < -0.3 is 10.1 Å². The lowest BCUT2D eigenvalue weighted by Gasteiger charge is -2.10. The largest absolute Gasteiger partial charge is 0.456 e. The van der Waals surface area contributed by atoms with Gasteiger partial charge in [0.25, 0.3) is 5.91 Å². The molecule has 0 spiro atoms. The Morgan fingerprint density at radius 2 is 1.89 bits per heavy atom. The molecule has 0 radical (unpaired) electrons. The van der Waals surface area contributed by atoms with Gasteiger partial charge in [0.2, 0.25) is 0 Å². The van der Waals surface area contributed by atoms with Gasteiger partial charge in [0.15, 0.2) is 6.61 Å². The molecule has 2 rings (SSSR count). The number of rotatable bonds is 9. The van der Waals surface area contributed by atoms with E-state index < -0.39 is 11.9 Å². The second-order valence-electron chi connectivity index (χ2n) is 6.00. The molecule has 28 heavy (non-hydrogen) atoms. The number of hydrogen-bond acceptors (Lipinski definition) is 6. The highest BCUT2D eigenvalue weighted by Crippen LogP contribution is 2.26. The molecule has 2 aromatic rings. The second kappa shape index (κ2) is 11.4. The monoisotopic (exact) mass is 414 g/mol. The zero-order valence-corrected chi connectivity index (χ0v) is 17.5. The predicted molar refractivity (Wildman–Crippen MR) is 114 cm³/mol. The van der Waals surface area contributed by atoms with Crippen molar-refractivity contribution in [1.29, 1.82) is 5.26 Å². The lowest BCUT2D eigenvalue weighted by atomic mass is 10.1. The Morgan fingerprint density at radius 1 is 1.11 bits per heavy atom. The number of nitriles is 1. The van der Waals surface area contributed by atoms with E-state index in [-0.39, 0.29) is 13.0 Å². The summed E-state index contributed by atoms with van der Waals surface area (Å²) in [6, 6.07) is 15.5. The summed E-state index contributed by atoms with van der Waals surface area (Å²) in [7, 11) is 0. The van der Waals surface area contributed by atoms with Crippen molar-refractivity contribution in [3.8, 4) is 6.07 Å². The average molecular weight is 415 g/mol. The summed E-state index contributed by atoms with van der Waals surface area (Å²) >= 11 is 2.93. The quantitative estimate of drug-likeness (QED) is 0.478. The zero-order valence-electron chi connectivity index (χ0n) is 15.9. The molecule has 146 valence electrons. The Labute approximate surface area is 173 Å². The Bertz CT molecular complexity index is 878. The minimum atomic E-state index is -0.404. The van der Waals surface area contributed by atoms with Gasteiger partial charge in [-0.05, 0) is 49.2 Å². The smallest absolute Gasteiger partial charge is 0.307 e. The minimum absolute atomic E-state index is 0.236. The number of esters is 1. The highest BCUT2D eigenvalue weighted by molar-refractivity contribution is 7.99. The van der Waals surface area contributed by atoms with E-state index in [9.17, 15) is 9.59 Å². The lowest BCUT2D eigenvalue weighted by molar-refractivity contribution is -0.146. The lowest BCUT2D eigenvalue weighted by Crippen LogP contribution is -2.21. The number of ether oxygens (including phenoxy) is 1. The first-order chi connectivity index (χ1) is 13.5. The van der Waals surface area contributed by atoms with Crippen molar-refractivity contribution >= 4 is 41.1 Å². The van der Waals surface area contributed by atoms with Crippen LogP contribution in [0.3, 0.4) is 0 Å². The average Bonchev–Trinajstić information content (AvgIpc) is 2.68. The summed E-state index contributed by atoms with van der Waals surface area (Å²) in [5.74, 6) is 0.0789. The summed E-state index contributed by atoms with van der Waals surface area (Å²) in [6.07, 6.45) is 0.236. The van der Waals surface area contributed by atoms with E-state index in [1.165, 1.54) is 22.9 Å². The summed E-state index contributed by atoms with van der Waals surface area (Å²) in [4.78, 5) is 25.8. The van der Waals surface area contributed by atoms with Crippen LogP contribution in [-0.2, 0) is 14.3 Å².